The Hall–Kier alpha value is -1.77. The first-order chi connectivity index (χ1) is 10.8. The fourth-order valence-electron chi connectivity index (χ4n) is 1.85. The summed E-state index contributed by atoms with van der Waals surface area (Å²) >= 11 is 5.79. The van der Waals surface area contributed by atoms with Gasteiger partial charge < -0.3 is 4.74 Å². The molecule has 1 aromatic carbocycles. The van der Waals surface area contributed by atoms with Crippen molar-refractivity contribution in [2.24, 2.45) is 0 Å². The van der Waals surface area contributed by atoms with Crippen LogP contribution in [0.2, 0.25) is 5.02 Å². The van der Waals surface area contributed by atoms with E-state index in [0.29, 0.717) is 5.56 Å². The van der Waals surface area contributed by atoms with Crippen LogP contribution in [0.15, 0.2) is 47.6 Å². The van der Waals surface area contributed by atoms with E-state index < -0.39 is 16.6 Å². The van der Waals surface area contributed by atoms with Crippen LogP contribution in [0.4, 0.5) is 8.78 Å². The van der Waals surface area contributed by atoms with Gasteiger partial charge in [-0.3, -0.25) is 4.98 Å². The third-order valence-electron chi connectivity index (χ3n) is 2.96. The van der Waals surface area contributed by atoms with Gasteiger partial charge in [0.05, 0.1) is 9.92 Å². The van der Waals surface area contributed by atoms with Crippen molar-refractivity contribution in [1.29, 1.82) is 0 Å². The molecule has 2 aromatic rings. The van der Waals surface area contributed by atoms with Gasteiger partial charge in [0.2, 0.25) is 10.0 Å². The quantitative estimate of drug-likeness (QED) is 0.792. The van der Waals surface area contributed by atoms with Gasteiger partial charge in [0.25, 0.3) is 0 Å². The molecule has 0 aliphatic carbocycles. The van der Waals surface area contributed by atoms with Crippen molar-refractivity contribution in [2.75, 3.05) is 7.05 Å². The lowest BCUT2D eigenvalue weighted by Gasteiger charge is -2.17. The minimum absolute atomic E-state index is 0.114. The van der Waals surface area contributed by atoms with Crippen LogP contribution >= 0.6 is 11.6 Å². The third-order valence-corrected chi connectivity index (χ3v) is 5.05. The number of ether oxygens (including phenoxy) is 1. The Morgan fingerprint density at radius 2 is 2.09 bits per heavy atom. The highest BCUT2D eigenvalue weighted by Crippen LogP contribution is 2.29. The van der Waals surface area contributed by atoms with E-state index >= 15 is 0 Å². The Labute approximate surface area is 137 Å². The first-order valence-corrected chi connectivity index (χ1v) is 8.22. The summed E-state index contributed by atoms with van der Waals surface area (Å²) in [6.45, 7) is -2.92. The summed E-state index contributed by atoms with van der Waals surface area (Å²) in [5.74, 6) is -0.282. The molecule has 0 atom stereocenters. The number of nitrogens with zero attached hydrogens (tertiary/aromatic N) is 2. The standard InChI is InChI=1S/C14H13ClF2N2O3S/c1-19(9-10-3-2-6-18-8-10)23(20,21)11-4-5-13(12(15)7-11)22-14(16)17/h2-8,14H,9H2,1H3. The number of hydrogen-bond donors (Lipinski definition) is 0. The van der Waals surface area contributed by atoms with E-state index in [9.17, 15) is 17.2 Å². The SMILES string of the molecule is CN(Cc1cccnc1)S(=O)(=O)c1ccc(OC(F)F)c(Cl)c1. The number of rotatable bonds is 6. The Morgan fingerprint density at radius 3 is 2.65 bits per heavy atom. The number of alkyl halides is 2. The van der Waals surface area contributed by atoms with Crippen molar-refractivity contribution in [3.63, 3.8) is 0 Å². The van der Waals surface area contributed by atoms with E-state index in [0.717, 1.165) is 16.4 Å². The number of sulfonamides is 1. The van der Waals surface area contributed by atoms with Crippen LogP contribution in [0.5, 0.6) is 5.75 Å². The highest BCUT2D eigenvalue weighted by molar-refractivity contribution is 7.89. The second-order valence-corrected chi connectivity index (χ2v) is 7.05. The minimum atomic E-state index is -3.83. The molecule has 0 saturated heterocycles. The predicted molar refractivity (Wildman–Crippen MR) is 81.0 cm³/mol. The topological polar surface area (TPSA) is 59.5 Å². The summed E-state index contributed by atoms with van der Waals surface area (Å²) in [5, 5.41) is -0.207. The zero-order chi connectivity index (χ0) is 17.0. The minimum Gasteiger partial charge on any atom is -0.433 e. The molecule has 0 fully saturated rings. The highest BCUT2D eigenvalue weighted by atomic mass is 35.5. The van der Waals surface area contributed by atoms with E-state index in [1.54, 1.807) is 24.5 Å². The normalized spacial score (nSPS) is 11.9. The molecule has 1 aromatic heterocycles. The Bertz CT molecular complexity index is 773. The molecule has 0 saturated carbocycles. The fraction of sp³-hybridized carbons (Fsp3) is 0.214. The molecule has 5 nitrogen and oxygen atoms in total. The molecule has 0 amide bonds. The molecule has 0 N–H and O–H groups in total. The summed E-state index contributed by atoms with van der Waals surface area (Å²) in [5.41, 5.74) is 0.710. The van der Waals surface area contributed by atoms with Gasteiger partial charge in [0.1, 0.15) is 5.75 Å². The molecule has 2 rings (SSSR count). The van der Waals surface area contributed by atoms with Crippen LogP contribution in [0.1, 0.15) is 5.56 Å². The van der Waals surface area contributed by atoms with E-state index in [1.807, 2.05) is 0 Å². The molecule has 9 heteroatoms. The number of hydrogen-bond acceptors (Lipinski definition) is 4. The van der Waals surface area contributed by atoms with Gasteiger partial charge in [-0.25, -0.2) is 8.42 Å². The molecule has 0 radical (unpaired) electrons. The van der Waals surface area contributed by atoms with Crippen molar-refractivity contribution >= 4 is 21.6 Å². The molecular formula is C14H13ClF2N2O3S. The molecule has 0 spiro atoms. The Morgan fingerprint density at radius 1 is 1.35 bits per heavy atom. The monoisotopic (exact) mass is 362 g/mol. The van der Waals surface area contributed by atoms with Gasteiger partial charge in [-0.05, 0) is 29.8 Å². The van der Waals surface area contributed by atoms with Crippen LogP contribution in [-0.2, 0) is 16.6 Å². The van der Waals surface area contributed by atoms with Crippen molar-refractivity contribution in [3.8, 4) is 5.75 Å². The third kappa shape index (κ3) is 4.37. The number of pyridine rings is 1. The highest BCUT2D eigenvalue weighted by Gasteiger charge is 2.22. The number of halogens is 3. The maximum absolute atomic E-state index is 12.5. The van der Waals surface area contributed by atoms with Gasteiger partial charge in [0, 0.05) is 26.0 Å². The first kappa shape index (κ1) is 17.6. The maximum atomic E-state index is 12.5. The molecular weight excluding hydrogens is 350 g/mol. The molecule has 124 valence electrons. The average Bonchev–Trinajstić information content (AvgIpc) is 2.49. The van der Waals surface area contributed by atoms with Crippen LogP contribution in [-0.4, -0.2) is 31.4 Å². The van der Waals surface area contributed by atoms with Crippen LogP contribution < -0.4 is 4.74 Å². The van der Waals surface area contributed by atoms with Crippen molar-refractivity contribution in [1.82, 2.24) is 9.29 Å². The number of aromatic nitrogens is 1. The van der Waals surface area contributed by atoms with Crippen molar-refractivity contribution in [3.05, 3.63) is 53.3 Å². The number of benzene rings is 1. The summed E-state index contributed by atoms with van der Waals surface area (Å²) in [7, 11) is -2.42. The Kier molecular flexibility index (Phi) is 5.51. The van der Waals surface area contributed by atoms with Crippen LogP contribution in [0.25, 0.3) is 0 Å². The summed E-state index contributed by atoms with van der Waals surface area (Å²) in [6, 6.07) is 6.78. The molecule has 1 heterocycles. The van der Waals surface area contributed by atoms with E-state index in [4.69, 9.17) is 11.6 Å². The zero-order valence-electron chi connectivity index (χ0n) is 12.0. The lowest BCUT2D eigenvalue weighted by Crippen LogP contribution is -2.26. The van der Waals surface area contributed by atoms with E-state index in [-0.39, 0.29) is 22.2 Å². The summed E-state index contributed by atoms with van der Waals surface area (Å²) in [6.07, 6.45) is 3.14. The zero-order valence-corrected chi connectivity index (χ0v) is 13.6. The molecule has 0 unspecified atom stereocenters. The molecule has 0 aliphatic heterocycles. The van der Waals surface area contributed by atoms with Gasteiger partial charge >= 0.3 is 6.61 Å². The van der Waals surface area contributed by atoms with Crippen LogP contribution in [0, 0.1) is 0 Å². The molecule has 0 aliphatic rings. The molecule has 23 heavy (non-hydrogen) atoms. The van der Waals surface area contributed by atoms with Crippen LogP contribution in [0.3, 0.4) is 0 Å². The lowest BCUT2D eigenvalue weighted by molar-refractivity contribution is -0.0498. The van der Waals surface area contributed by atoms with E-state index in [1.165, 1.54) is 13.1 Å². The van der Waals surface area contributed by atoms with E-state index in [2.05, 4.69) is 9.72 Å². The summed E-state index contributed by atoms with van der Waals surface area (Å²) < 4.78 is 54.6. The second-order valence-electron chi connectivity index (χ2n) is 4.59. The summed E-state index contributed by atoms with van der Waals surface area (Å²) in [4.78, 5) is 3.80. The fourth-order valence-corrected chi connectivity index (χ4v) is 3.32. The first-order valence-electron chi connectivity index (χ1n) is 6.40. The van der Waals surface area contributed by atoms with Gasteiger partial charge in [-0.15, -0.1) is 0 Å². The molecule has 0 bridgehead atoms. The van der Waals surface area contributed by atoms with Gasteiger partial charge in [-0.2, -0.15) is 13.1 Å². The van der Waals surface area contributed by atoms with Crippen molar-refractivity contribution < 1.29 is 21.9 Å². The predicted octanol–water partition coefficient (Wildman–Crippen LogP) is 3.16. The van der Waals surface area contributed by atoms with Crippen molar-refractivity contribution in [2.45, 2.75) is 18.1 Å². The van der Waals surface area contributed by atoms with Gasteiger partial charge in [0.15, 0.2) is 0 Å². The Balaban J connectivity index is 2.23. The second kappa shape index (κ2) is 7.20. The largest absolute Gasteiger partial charge is 0.433 e. The van der Waals surface area contributed by atoms with Gasteiger partial charge in [-0.1, -0.05) is 17.7 Å². The maximum Gasteiger partial charge on any atom is 0.387 e. The average molecular weight is 363 g/mol. The smallest absolute Gasteiger partial charge is 0.387 e. The lowest BCUT2D eigenvalue weighted by atomic mass is 10.3.